The Labute approximate surface area is 180 Å². The molecule has 2 aliphatic rings. The molecule has 0 N–H and O–H groups in total. The smallest absolute Gasteiger partial charge is 0.269 e. The number of allylic oxidation sites excluding steroid dienone is 8. The molecule has 0 atom stereocenters. The molecule has 0 spiro atoms. The van der Waals surface area contributed by atoms with Crippen molar-refractivity contribution in [2.75, 3.05) is 0 Å². The fourth-order valence-electron chi connectivity index (χ4n) is 1.98. The number of hydrogen-bond acceptors (Lipinski definition) is 0. The van der Waals surface area contributed by atoms with Crippen molar-refractivity contribution in [3.05, 3.63) is 47.6 Å². The van der Waals surface area contributed by atoms with Gasteiger partial charge in [-0.3, -0.25) is 12.2 Å². The van der Waals surface area contributed by atoms with Crippen molar-refractivity contribution in [2.24, 2.45) is 0 Å². The zero-order chi connectivity index (χ0) is 13.1. The molecule has 3 heteroatoms. The van der Waals surface area contributed by atoms with Crippen LogP contribution in [0.3, 0.4) is 0 Å². The summed E-state index contributed by atoms with van der Waals surface area (Å²) in [7, 11) is 0. The van der Waals surface area contributed by atoms with Crippen LogP contribution >= 0.6 is 48.0 Å². The Bertz CT molecular complexity index is 307. The van der Waals surface area contributed by atoms with Crippen LogP contribution in [0.4, 0.5) is 0 Å². The number of rotatable bonds is 6. The monoisotopic (exact) mass is 682 g/mol. The van der Waals surface area contributed by atoms with E-state index in [4.69, 9.17) is 0 Å². The molecule has 0 aromatic heterocycles. The van der Waals surface area contributed by atoms with Crippen molar-refractivity contribution in [3.8, 4) is 0 Å². The van der Waals surface area contributed by atoms with E-state index >= 15 is 0 Å². The summed E-state index contributed by atoms with van der Waals surface area (Å²) in [6.45, 7) is 4.44. The molecule has 0 saturated carbocycles. The van der Waals surface area contributed by atoms with E-state index in [2.05, 4.69) is 50.3 Å². The Morgan fingerprint density at radius 2 is 1.19 bits per heavy atom. The van der Waals surface area contributed by atoms with Gasteiger partial charge in [-0.2, -0.15) is 12.2 Å². The van der Waals surface area contributed by atoms with E-state index in [1.807, 2.05) is 0 Å². The molecule has 0 aromatic rings. The first-order chi connectivity index (χ1) is 8.86. The van der Waals surface area contributed by atoms with Gasteiger partial charge in [0, 0.05) is 0 Å². The first-order valence-electron chi connectivity index (χ1n) is 7.39. The third kappa shape index (κ3) is 14.4. The van der Waals surface area contributed by atoms with Gasteiger partial charge in [-0.05, 0) is 0 Å². The van der Waals surface area contributed by atoms with E-state index in [0.717, 1.165) is 12.8 Å². The van der Waals surface area contributed by atoms with E-state index in [0.29, 0.717) is 0 Å². The van der Waals surface area contributed by atoms with E-state index in [1.54, 1.807) is 0 Å². The summed E-state index contributed by atoms with van der Waals surface area (Å²) < 4.78 is 0. The largest absolute Gasteiger partial charge is 2.00 e. The van der Waals surface area contributed by atoms with Gasteiger partial charge >= 0.3 is 21.1 Å². The van der Waals surface area contributed by atoms with Crippen molar-refractivity contribution in [3.63, 3.8) is 0 Å². The maximum absolute atomic E-state index is 3.30. The molecule has 0 heterocycles. The van der Waals surface area contributed by atoms with Gasteiger partial charge in [0.2, 0.25) is 0 Å². The fourth-order valence-corrected chi connectivity index (χ4v) is 1.98. The van der Waals surface area contributed by atoms with E-state index in [1.165, 1.54) is 49.7 Å². The molecule has 0 bridgehead atoms. The molecule has 0 saturated heterocycles. The van der Waals surface area contributed by atoms with Crippen LogP contribution in [0.1, 0.15) is 65.2 Å². The van der Waals surface area contributed by atoms with E-state index < -0.39 is 0 Å². The maximum atomic E-state index is 3.30. The molecule has 120 valence electrons. The molecule has 2 rings (SSSR count). The Balaban J connectivity index is -0.000000270. The molecule has 2 aliphatic carbocycles. The van der Waals surface area contributed by atoms with Gasteiger partial charge in [-0.25, -0.2) is 23.3 Å². The molecule has 0 fully saturated rings. The zero-order valence-electron chi connectivity index (χ0n) is 13.2. The van der Waals surface area contributed by atoms with Gasteiger partial charge in [0.25, 0.3) is 0 Å². The van der Waals surface area contributed by atoms with Crippen LogP contribution < -0.4 is 0 Å². The summed E-state index contributed by atoms with van der Waals surface area (Å²) in [5.41, 5.74) is 2.83. The van der Waals surface area contributed by atoms with Crippen molar-refractivity contribution < 1.29 is 21.1 Å². The Hall–Kier alpha value is 1.11. The van der Waals surface area contributed by atoms with Crippen LogP contribution in [-0.2, 0) is 21.1 Å². The number of unbranched alkanes of at least 4 members (excludes halogenated alkanes) is 2. The summed E-state index contributed by atoms with van der Waals surface area (Å²) >= 11 is 0. The average molecular weight is 682 g/mol. The molecule has 0 aliphatic heterocycles. The van der Waals surface area contributed by atoms with Crippen molar-refractivity contribution >= 4 is 48.0 Å². The Kier molecular flexibility index (Phi) is 24.6. The summed E-state index contributed by atoms with van der Waals surface area (Å²) in [6, 6.07) is 0. The van der Waals surface area contributed by atoms with Crippen molar-refractivity contribution in [1.29, 1.82) is 0 Å². The van der Waals surface area contributed by atoms with Gasteiger partial charge in [0.05, 0.1) is 0 Å². The van der Waals surface area contributed by atoms with Crippen molar-refractivity contribution in [1.82, 2.24) is 0 Å². The minimum Gasteiger partial charge on any atom is -0.269 e. The molecular weight excluding hydrogens is 654 g/mol. The van der Waals surface area contributed by atoms with Crippen molar-refractivity contribution in [2.45, 2.75) is 65.2 Å². The van der Waals surface area contributed by atoms with Crippen LogP contribution in [0, 0.1) is 12.2 Å². The molecule has 0 radical (unpaired) electrons. The molecule has 0 nitrogen and oxygen atoms in total. The fraction of sp³-hybridized carbons (Fsp3) is 0.556. The second-order valence-corrected chi connectivity index (χ2v) is 4.82. The summed E-state index contributed by atoms with van der Waals surface area (Å²) in [5.74, 6) is 0. The van der Waals surface area contributed by atoms with Crippen LogP contribution in [0.25, 0.3) is 0 Å². The van der Waals surface area contributed by atoms with Gasteiger partial charge in [-0.15, -0.1) is 60.8 Å². The maximum Gasteiger partial charge on any atom is 2.00 e. The molecule has 21 heavy (non-hydrogen) atoms. The van der Waals surface area contributed by atoms with E-state index in [-0.39, 0.29) is 69.0 Å². The molecule has 0 unspecified atom stereocenters. The third-order valence-corrected chi connectivity index (χ3v) is 3.13. The van der Waals surface area contributed by atoms with Gasteiger partial charge in [0.1, 0.15) is 0 Å². The number of halogens is 2. The zero-order valence-corrected chi connectivity index (χ0v) is 20.8. The van der Waals surface area contributed by atoms with Crippen LogP contribution in [0.2, 0.25) is 0 Å². The summed E-state index contributed by atoms with van der Waals surface area (Å²) in [6.07, 6.45) is 25.1. The first kappa shape index (κ1) is 27.0. The summed E-state index contributed by atoms with van der Waals surface area (Å²) in [5, 5.41) is 0. The Morgan fingerprint density at radius 3 is 1.43 bits per heavy atom. The quantitative estimate of drug-likeness (QED) is 0.210. The van der Waals surface area contributed by atoms with Gasteiger partial charge < -0.3 is 0 Å². The average Bonchev–Trinajstić information content (AvgIpc) is 3.07. The minimum atomic E-state index is 0. The van der Waals surface area contributed by atoms with E-state index in [9.17, 15) is 0 Å². The molecular formula is C18H28I2W. The number of hydrogen-bond donors (Lipinski definition) is 0. The topological polar surface area (TPSA) is 0 Å². The molecule has 0 amide bonds. The minimum absolute atomic E-state index is 0. The second kappa shape index (κ2) is 19.2. The predicted octanol–water partition coefficient (Wildman–Crippen LogP) is 6.97. The first-order valence-corrected chi connectivity index (χ1v) is 7.39. The predicted molar refractivity (Wildman–Crippen MR) is 111 cm³/mol. The van der Waals surface area contributed by atoms with Crippen LogP contribution in [0.15, 0.2) is 35.5 Å². The standard InChI is InChI=1S/2C9H13.2HI.W/c2*1-2-3-6-9-7-4-5-8-9;;;/h2*4,7H,2-3,5-6H2,1H3;2*1H;/q2*-1;;;+2. The van der Waals surface area contributed by atoms with Crippen LogP contribution in [-0.4, -0.2) is 0 Å². The van der Waals surface area contributed by atoms with Gasteiger partial charge in [0.15, 0.2) is 0 Å². The Morgan fingerprint density at radius 1 is 0.810 bits per heavy atom. The second-order valence-electron chi connectivity index (χ2n) is 4.82. The summed E-state index contributed by atoms with van der Waals surface area (Å²) in [4.78, 5) is 0. The van der Waals surface area contributed by atoms with Crippen LogP contribution in [0.5, 0.6) is 0 Å². The van der Waals surface area contributed by atoms with Gasteiger partial charge in [-0.1, -0.05) is 52.4 Å². The third-order valence-electron chi connectivity index (χ3n) is 3.13. The molecule has 0 aromatic carbocycles. The normalized spacial score (nSPS) is 14.0. The SMILES string of the molecule is CCCCC1=[C-]CC=C1.CCCCC1=[C-]CC=C1.I.I.[W+2].